The molecule has 0 heterocycles. The summed E-state index contributed by atoms with van der Waals surface area (Å²) in [6, 6.07) is 11.0. The number of nitrogen functional groups attached to an aromatic ring is 1. The molecule has 0 saturated heterocycles. The molecule has 0 bridgehead atoms. The van der Waals surface area contributed by atoms with Crippen LogP contribution in [0.1, 0.15) is 22.8 Å². The number of carbonyl (C=O) groups is 1. The van der Waals surface area contributed by atoms with Gasteiger partial charge in [0.15, 0.2) is 5.78 Å². The molecule has 0 unspecified atom stereocenters. The van der Waals surface area contributed by atoms with Gasteiger partial charge in [-0.3, -0.25) is 4.79 Å². The number of ether oxygens (including phenoxy) is 1. The highest BCUT2D eigenvalue weighted by atomic mass is 19.1. The van der Waals surface area contributed by atoms with E-state index in [1.54, 1.807) is 30.3 Å². The van der Waals surface area contributed by atoms with Crippen LogP contribution in [0.4, 0.5) is 10.1 Å². The summed E-state index contributed by atoms with van der Waals surface area (Å²) >= 11 is 0. The molecule has 0 aromatic heterocycles. The number of nitrogens with two attached hydrogens (primary N) is 1. The summed E-state index contributed by atoms with van der Waals surface area (Å²) in [5, 5.41) is 0. The molecular weight excluding hydrogens is 245 g/mol. The third-order valence-electron chi connectivity index (χ3n) is 2.67. The van der Waals surface area contributed by atoms with Crippen molar-refractivity contribution in [3.63, 3.8) is 0 Å². The molecule has 2 rings (SSSR count). The van der Waals surface area contributed by atoms with Gasteiger partial charge in [-0.2, -0.15) is 0 Å². The summed E-state index contributed by atoms with van der Waals surface area (Å²) in [6.45, 7) is 1.64. The van der Waals surface area contributed by atoms with Crippen LogP contribution in [0.5, 0.6) is 5.75 Å². The monoisotopic (exact) mass is 259 g/mol. The van der Waals surface area contributed by atoms with Gasteiger partial charge in [-0.1, -0.05) is 12.1 Å². The van der Waals surface area contributed by atoms with E-state index in [1.807, 2.05) is 0 Å². The lowest BCUT2D eigenvalue weighted by Gasteiger charge is -2.10. The summed E-state index contributed by atoms with van der Waals surface area (Å²) in [4.78, 5) is 11.5. The van der Waals surface area contributed by atoms with Gasteiger partial charge in [0.25, 0.3) is 0 Å². The smallest absolute Gasteiger partial charge is 0.163 e. The van der Waals surface area contributed by atoms with Crippen molar-refractivity contribution in [3.05, 3.63) is 59.4 Å². The number of rotatable bonds is 4. The summed E-state index contributed by atoms with van der Waals surface area (Å²) in [6.07, 6.45) is 0. The Morgan fingerprint density at radius 1 is 1.26 bits per heavy atom. The highest BCUT2D eigenvalue weighted by Gasteiger charge is 2.09. The number of hydrogen-bond acceptors (Lipinski definition) is 3. The van der Waals surface area contributed by atoms with E-state index >= 15 is 0 Å². The molecular formula is C15H14FNO2. The Kier molecular flexibility index (Phi) is 3.80. The van der Waals surface area contributed by atoms with Crippen molar-refractivity contribution in [2.24, 2.45) is 0 Å². The SMILES string of the molecule is CC(=O)c1cc(N)ccc1OCc1cccc(F)c1. The fraction of sp³-hybridized carbons (Fsp3) is 0.133. The molecule has 0 spiro atoms. The Morgan fingerprint density at radius 3 is 2.74 bits per heavy atom. The minimum absolute atomic E-state index is 0.124. The van der Waals surface area contributed by atoms with Crippen LogP contribution in [0.3, 0.4) is 0 Å². The van der Waals surface area contributed by atoms with Crippen LogP contribution >= 0.6 is 0 Å². The van der Waals surface area contributed by atoms with Crippen LogP contribution in [0.15, 0.2) is 42.5 Å². The molecule has 19 heavy (non-hydrogen) atoms. The third kappa shape index (κ3) is 3.31. The highest BCUT2D eigenvalue weighted by Crippen LogP contribution is 2.23. The Bertz CT molecular complexity index is 611. The number of anilines is 1. The molecule has 0 fully saturated rings. The van der Waals surface area contributed by atoms with E-state index in [0.717, 1.165) is 0 Å². The van der Waals surface area contributed by atoms with Gasteiger partial charge in [0.2, 0.25) is 0 Å². The van der Waals surface area contributed by atoms with Gasteiger partial charge in [-0.15, -0.1) is 0 Å². The molecule has 2 aromatic rings. The summed E-state index contributed by atoms with van der Waals surface area (Å²) < 4.78 is 18.6. The van der Waals surface area contributed by atoms with Crippen LogP contribution in [0.25, 0.3) is 0 Å². The highest BCUT2D eigenvalue weighted by molar-refractivity contribution is 5.97. The van der Waals surface area contributed by atoms with Crippen molar-refractivity contribution < 1.29 is 13.9 Å². The molecule has 0 aliphatic rings. The molecule has 0 aliphatic carbocycles. The first-order valence-corrected chi connectivity index (χ1v) is 5.84. The van der Waals surface area contributed by atoms with E-state index in [0.29, 0.717) is 22.6 Å². The average Bonchev–Trinajstić information content (AvgIpc) is 2.37. The molecule has 2 aromatic carbocycles. The van der Waals surface area contributed by atoms with Crippen molar-refractivity contribution in [1.29, 1.82) is 0 Å². The maximum absolute atomic E-state index is 13.0. The number of halogens is 1. The van der Waals surface area contributed by atoms with Crippen molar-refractivity contribution in [1.82, 2.24) is 0 Å². The van der Waals surface area contributed by atoms with E-state index in [1.165, 1.54) is 19.1 Å². The van der Waals surface area contributed by atoms with Crippen LogP contribution in [0, 0.1) is 5.82 Å². The van der Waals surface area contributed by atoms with E-state index in [2.05, 4.69) is 0 Å². The second-order valence-corrected chi connectivity index (χ2v) is 4.23. The zero-order valence-corrected chi connectivity index (χ0v) is 10.5. The van der Waals surface area contributed by atoms with Gasteiger partial charge in [0, 0.05) is 5.69 Å². The molecule has 0 radical (unpaired) electrons. The van der Waals surface area contributed by atoms with Crippen molar-refractivity contribution in [2.75, 3.05) is 5.73 Å². The second-order valence-electron chi connectivity index (χ2n) is 4.23. The van der Waals surface area contributed by atoms with Crippen molar-refractivity contribution in [3.8, 4) is 5.75 Å². The fourth-order valence-electron chi connectivity index (χ4n) is 1.74. The van der Waals surface area contributed by atoms with Gasteiger partial charge in [0.05, 0.1) is 5.56 Å². The van der Waals surface area contributed by atoms with E-state index < -0.39 is 0 Å². The maximum Gasteiger partial charge on any atom is 0.163 e. The Labute approximate surface area is 110 Å². The number of benzene rings is 2. The molecule has 2 N–H and O–H groups in total. The fourth-order valence-corrected chi connectivity index (χ4v) is 1.74. The lowest BCUT2D eigenvalue weighted by Crippen LogP contribution is -2.03. The lowest BCUT2D eigenvalue weighted by atomic mass is 10.1. The Balaban J connectivity index is 2.17. The quantitative estimate of drug-likeness (QED) is 0.677. The maximum atomic E-state index is 13.0. The molecule has 0 atom stereocenters. The van der Waals surface area contributed by atoms with E-state index in [4.69, 9.17) is 10.5 Å². The van der Waals surface area contributed by atoms with Gasteiger partial charge in [-0.05, 0) is 42.8 Å². The Morgan fingerprint density at radius 2 is 2.05 bits per heavy atom. The van der Waals surface area contributed by atoms with Crippen molar-refractivity contribution >= 4 is 11.5 Å². The molecule has 0 amide bonds. The first-order chi connectivity index (χ1) is 9.06. The number of Topliss-reactive ketones (excluding diaryl/α,β-unsaturated/α-hetero) is 1. The number of carbonyl (C=O) groups excluding carboxylic acids is 1. The third-order valence-corrected chi connectivity index (χ3v) is 2.67. The van der Waals surface area contributed by atoms with Gasteiger partial charge in [0.1, 0.15) is 18.2 Å². The normalized spacial score (nSPS) is 10.2. The standard InChI is InChI=1S/C15H14FNO2/c1-10(18)14-8-13(17)5-6-15(14)19-9-11-3-2-4-12(16)7-11/h2-8H,9,17H2,1H3. The average molecular weight is 259 g/mol. The van der Waals surface area contributed by atoms with Crippen LogP contribution in [0.2, 0.25) is 0 Å². The minimum Gasteiger partial charge on any atom is -0.488 e. The molecule has 4 heteroatoms. The Hall–Kier alpha value is -2.36. The lowest BCUT2D eigenvalue weighted by molar-refractivity contribution is 0.101. The summed E-state index contributed by atoms with van der Waals surface area (Å²) in [7, 11) is 0. The zero-order valence-electron chi connectivity index (χ0n) is 10.5. The van der Waals surface area contributed by atoms with E-state index in [-0.39, 0.29) is 18.2 Å². The predicted octanol–water partition coefficient (Wildman–Crippen LogP) is 3.19. The van der Waals surface area contributed by atoms with Crippen molar-refractivity contribution in [2.45, 2.75) is 13.5 Å². The summed E-state index contributed by atoms with van der Waals surface area (Å²) in [5.74, 6) is 0.0118. The van der Waals surface area contributed by atoms with Gasteiger partial charge < -0.3 is 10.5 Å². The van der Waals surface area contributed by atoms with E-state index in [9.17, 15) is 9.18 Å². The molecule has 0 aliphatic heterocycles. The van der Waals surface area contributed by atoms with Crippen LogP contribution in [-0.2, 0) is 6.61 Å². The molecule has 0 saturated carbocycles. The molecule has 98 valence electrons. The van der Waals surface area contributed by atoms with Crippen LogP contribution < -0.4 is 10.5 Å². The number of hydrogen-bond donors (Lipinski definition) is 1. The molecule has 3 nitrogen and oxygen atoms in total. The summed E-state index contributed by atoms with van der Waals surface area (Å²) in [5.41, 5.74) is 7.27. The number of ketones is 1. The topological polar surface area (TPSA) is 52.3 Å². The largest absolute Gasteiger partial charge is 0.488 e. The first-order valence-electron chi connectivity index (χ1n) is 5.84. The zero-order chi connectivity index (χ0) is 13.8. The van der Waals surface area contributed by atoms with Gasteiger partial charge >= 0.3 is 0 Å². The second kappa shape index (κ2) is 5.52. The predicted molar refractivity (Wildman–Crippen MR) is 71.6 cm³/mol. The van der Waals surface area contributed by atoms with Crippen LogP contribution in [-0.4, -0.2) is 5.78 Å². The first kappa shape index (κ1) is 13.1. The van der Waals surface area contributed by atoms with Gasteiger partial charge in [-0.25, -0.2) is 4.39 Å². The minimum atomic E-state index is -0.315.